The number of oxazole rings is 1. The first-order valence-corrected chi connectivity index (χ1v) is 11.4. The summed E-state index contributed by atoms with van der Waals surface area (Å²) in [6.07, 6.45) is 3.70. The van der Waals surface area contributed by atoms with Crippen molar-refractivity contribution < 1.29 is 23.8 Å². The second-order valence-corrected chi connectivity index (χ2v) is 9.10. The number of carbonyl (C=O) groups is 2. The summed E-state index contributed by atoms with van der Waals surface area (Å²) >= 11 is 0. The third-order valence-electron chi connectivity index (χ3n) is 6.41. The average molecular weight is 443 g/mol. The van der Waals surface area contributed by atoms with Crippen molar-refractivity contribution in [2.45, 2.75) is 84.5 Å². The van der Waals surface area contributed by atoms with E-state index in [1.54, 1.807) is 6.92 Å². The summed E-state index contributed by atoms with van der Waals surface area (Å²) in [5.41, 5.74) is 2.05. The largest absolute Gasteiger partial charge is 0.481 e. The number of benzene rings is 1. The van der Waals surface area contributed by atoms with E-state index < -0.39 is 11.5 Å². The molecule has 2 N–H and O–H groups in total. The van der Waals surface area contributed by atoms with Gasteiger partial charge < -0.3 is 19.6 Å². The standard InChI is InChI=1S/C25H34N2O5/c1-5-25(4,14-22(28)29)27-23(30)19-8-6-7-9-21(19)31-15-20-17(3)32-24(26-20)18-12-10-16(2)11-13-18/h10-13,19,21H,5-9,14-15H2,1-4H3,(H,27,30)(H,28,29)/t19-,21+,25+/m1/s1. The van der Waals surface area contributed by atoms with Gasteiger partial charge in [0.05, 0.1) is 25.0 Å². The summed E-state index contributed by atoms with van der Waals surface area (Å²) in [6.45, 7) is 7.84. The van der Waals surface area contributed by atoms with E-state index in [1.165, 1.54) is 5.56 Å². The lowest BCUT2D eigenvalue weighted by Crippen LogP contribution is -2.51. The average Bonchev–Trinajstić information content (AvgIpc) is 3.12. The Morgan fingerprint density at radius 2 is 1.91 bits per heavy atom. The lowest BCUT2D eigenvalue weighted by atomic mass is 9.84. The van der Waals surface area contributed by atoms with Crippen LogP contribution < -0.4 is 5.32 Å². The van der Waals surface area contributed by atoms with E-state index in [0.717, 1.165) is 36.9 Å². The number of amides is 1. The Morgan fingerprint density at radius 1 is 1.22 bits per heavy atom. The summed E-state index contributed by atoms with van der Waals surface area (Å²) in [5, 5.41) is 12.2. The number of ether oxygens (including phenoxy) is 1. The van der Waals surface area contributed by atoms with E-state index in [-0.39, 0.29) is 31.0 Å². The molecule has 0 spiro atoms. The van der Waals surface area contributed by atoms with Crippen molar-refractivity contribution >= 4 is 11.9 Å². The topological polar surface area (TPSA) is 102 Å². The van der Waals surface area contributed by atoms with Crippen molar-refractivity contribution in [2.24, 2.45) is 5.92 Å². The Bertz CT molecular complexity index is 936. The van der Waals surface area contributed by atoms with Crippen LogP contribution >= 0.6 is 0 Å². The van der Waals surface area contributed by atoms with E-state index in [9.17, 15) is 14.7 Å². The maximum Gasteiger partial charge on any atom is 0.305 e. The molecule has 0 aliphatic heterocycles. The van der Waals surface area contributed by atoms with Crippen LogP contribution in [0.5, 0.6) is 0 Å². The summed E-state index contributed by atoms with van der Waals surface area (Å²) < 4.78 is 12.0. The Balaban J connectivity index is 1.66. The van der Waals surface area contributed by atoms with Crippen molar-refractivity contribution in [3.05, 3.63) is 41.3 Å². The highest BCUT2D eigenvalue weighted by Gasteiger charge is 2.36. The second kappa shape index (κ2) is 10.3. The number of carbonyl (C=O) groups excluding carboxylic acids is 1. The molecule has 0 bridgehead atoms. The Hall–Kier alpha value is -2.67. The smallest absolute Gasteiger partial charge is 0.305 e. The number of hydrogen-bond donors (Lipinski definition) is 2. The number of carboxylic acid groups (broad SMARTS) is 1. The van der Waals surface area contributed by atoms with Crippen LogP contribution in [0.25, 0.3) is 11.5 Å². The van der Waals surface area contributed by atoms with Gasteiger partial charge in [-0.15, -0.1) is 0 Å². The zero-order valence-corrected chi connectivity index (χ0v) is 19.4. The van der Waals surface area contributed by atoms with E-state index >= 15 is 0 Å². The van der Waals surface area contributed by atoms with Gasteiger partial charge in [-0.25, -0.2) is 4.98 Å². The predicted octanol–water partition coefficient (Wildman–Crippen LogP) is 4.79. The van der Waals surface area contributed by atoms with Gasteiger partial charge in [0.25, 0.3) is 0 Å². The molecule has 7 heteroatoms. The first-order chi connectivity index (χ1) is 15.2. The molecule has 2 aromatic rings. The quantitative estimate of drug-likeness (QED) is 0.579. The molecule has 1 aromatic carbocycles. The highest BCUT2D eigenvalue weighted by molar-refractivity contribution is 5.81. The van der Waals surface area contributed by atoms with Gasteiger partial charge in [0, 0.05) is 11.1 Å². The van der Waals surface area contributed by atoms with E-state index in [0.29, 0.717) is 18.1 Å². The molecule has 0 radical (unpaired) electrons. The lowest BCUT2D eigenvalue weighted by molar-refractivity contribution is -0.140. The van der Waals surface area contributed by atoms with Crippen molar-refractivity contribution in [1.82, 2.24) is 10.3 Å². The lowest BCUT2D eigenvalue weighted by Gasteiger charge is -2.35. The molecule has 1 amide bonds. The van der Waals surface area contributed by atoms with Crippen LogP contribution in [0.4, 0.5) is 0 Å². The third kappa shape index (κ3) is 5.97. The predicted molar refractivity (Wildman–Crippen MR) is 121 cm³/mol. The molecule has 1 heterocycles. The van der Waals surface area contributed by atoms with Crippen molar-refractivity contribution in [2.75, 3.05) is 0 Å². The minimum Gasteiger partial charge on any atom is -0.481 e. The first kappa shape index (κ1) is 24.0. The van der Waals surface area contributed by atoms with Gasteiger partial charge in [0.1, 0.15) is 11.5 Å². The molecule has 0 unspecified atom stereocenters. The molecule has 1 saturated carbocycles. The number of hydrogen-bond acceptors (Lipinski definition) is 5. The van der Waals surface area contributed by atoms with Gasteiger partial charge in [0.2, 0.25) is 11.8 Å². The molecule has 174 valence electrons. The van der Waals surface area contributed by atoms with Crippen molar-refractivity contribution in [3.63, 3.8) is 0 Å². The van der Waals surface area contributed by atoms with Gasteiger partial charge in [-0.1, -0.05) is 37.5 Å². The highest BCUT2D eigenvalue weighted by Crippen LogP contribution is 2.30. The maximum absolute atomic E-state index is 13.0. The Labute approximate surface area is 189 Å². The van der Waals surface area contributed by atoms with E-state index in [1.807, 2.05) is 45.0 Å². The Kier molecular flexibility index (Phi) is 7.72. The third-order valence-corrected chi connectivity index (χ3v) is 6.41. The van der Waals surface area contributed by atoms with Crippen LogP contribution in [0.15, 0.2) is 28.7 Å². The first-order valence-electron chi connectivity index (χ1n) is 11.4. The normalized spacial score (nSPS) is 20.5. The number of aryl methyl sites for hydroxylation is 2. The van der Waals surface area contributed by atoms with Crippen LogP contribution in [-0.2, 0) is 20.9 Å². The van der Waals surface area contributed by atoms with Gasteiger partial charge in [-0.2, -0.15) is 0 Å². The Morgan fingerprint density at radius 3 is 2.56 bits per heavy atom. The molecule has 1 fully saturated rings. The van der Waals surface area contributed by atoms with Crippen LogP contribution in [-0.4, -0.2) is 33.6 Å². The fourth-order valence-electron chi connectivity index (χ4n) is 4.15. The number of carboxylic acids is 1. The van der Waals surface area contributed by atoms with Crippen LogP contribution in [0.2, 0.25) is 0 Å². The molecular formula is C25H34N2O5. The zero-order valence-electron chi connectivity index (χ0n) is 19.4. The number of aromatic nitrogens is 1. The summed E-state index contributed by atoms with van der Waals surface area (Å²) in [7, 11) is 0. The van der Waals surface area contributed by atoms with Gasteiger partial charge >= 0.3 is 5.97 Å². The van der Waals surface area contributed by atoms with Crippen LogP contribution in [0.1, 0.15) is 69.4 Å². The van der Waals surface area contributed by atoms with E-state index in [2.05, 4.69) is 10.3 Å². The summed E-state index contributed by atoms with van der Waals surface area (Å²) in [4.78, 5) is 28.9. The molecule has 7 nitrogen and oxygen atoms in total. The number of nitrogens with zero attached hydrogens (tertiary/aromatic N) is 1. The molecular weight excluding hydrogens is 408 g/mol. The fraction of sp³-hybridized carbons (Fsp3) is 0.560. The molecule has 1 aromatic heterocycles. The molecule has 1 aliphatic carbocycles. The minimum atomic E-state index is -0.919. The van der Waals surface area contributed by atoms with Crippen LogP contribution in [0.3, 0.4) is 0 Å². The van der Waals surface area contributed by atoms with Gasteiger partial charge in [-0.05, 0) is 52.2 Å². The number of nitrogens with one attached hydrogen (secondary N) is 1. The summed E-state index contributed by atoms with van der Waals surface area (Å²) in [6, 6.07) is 8.00. The monoisotopic (exact) mass is 442 g/mol. The number of aliphatic carboxylic acids is 1. The second-order valence-electron chi connectivity index (χ2n) is 9.10. The zero-order chi connectivity index (χ0) is 23.3. The van der Waals surface area contributed by atoms with Gasteiger partial charge in [0.15, 0.2) is 0 Å². The summed E-state index contributed by atoms with van der Waals surface area (Å²) in [5.74, 6) is -0.0782. The van der Waals surface area contributed by atoms with E-state index in [4.69, 9.17) is 9.15 Å². The molecule has 3 atom stereocenters. The van der Waals surface area contributed by atoms with Crippen molar-refractivity contribution in [1.29, 1.82) is 0 Å². The minimum absolute atomic E-state index is 0.104. The molecule has 1 aliphatic rings. The fourth-order valence-corrected chi connectivity index (χ4v) is 4.15. The number of rotatable bonds is 9. The molecule has 32 heavy (non-hydrogen) atoms. The van der Waals surface area contributed by atoms with Crippen molar-refractivity contribution in [3.8, 4) is 11.5 Å². The molecule has 3 rings (SSSR count). The molecule has 0 saturated heterocycles. The highest BCUT2D eigenvalue weighted by atomic mass is 16.5. The SMILES string of the molecule is CC[C@@](C)(CC(=O)O)NC(=O)[C@@H]1CCCC[C@@H]1OCc1nc(-c2ccc(C)cc2)oc1C. The van der Waals surface area contributed by atoms with Gasteiger partial charge in [-0.3, -0.25) is 9.59 Å². The maximum atomic E-state index is 13.0. The van der Waals surface area contributed by atoms with Crippen LogP contribution in [0, 0.1) is 19.8 Å².